The van der Waals surface area contributed by atoms with E-state index in [4.69, 9.17) is 5.73 Å². The number of likely N-dealkylation sites (N-methyl/N-ethyl adjacent to an activating group) is 1. The van der Waals surface area contributed by atoms with Crippen molar-refractivity contribution in [3.63, 3.8) is 0 Å². The third kappa shape index (κ3) is 1.49. The molecule has 1 atom stereocenters. The lowest BCUT2D eigenvalue weighted by Crippen LogP contribution is -2.32. The number of aromatic nitrogens is 4. The molecule has 1 amide bonds. The topological polar surface area (TPSA) is 110 Å². The second-order valence-corrected chi connectivity index (χ2v) is 1.88. The summed E-state index contributed by atoms with van der Waals surface area (Å²) in [6.45, 7) is 0. The number of nitrogens with zero attached hydrogens (tertiary/aromatic N) is 3. The van der Waals surface area contributed by atoms with E-state index in [1.165, 1.54) is 7.05 Å². The van der Waals surface area contributed by atoms with Gasteiger partial charge in [-0.1, -0.05) is 0 Å². The first-order valence-electron chi connectivity index (χ1n) is 2.96. The lowest BCUT2D eigenvalue weighted by Gasteiger charge is -2.03. The molecule has 0 fully saturated rings. The first-order valence-corrected chi connectivity index (χ1v) is 2.96. The number of carbonyl (C=O) groups excluding carboxylic acids is 1. The molecule has 4 N–H and O–H groups in total. The van der Waals surface area contributed by atoms with Gasteiger partial charge in [-0.05, 0) is 10.4 Å². The molecule has 0 aliphatic carbocycles. The third-order valence-corrected chi connectivity index (χ3v) is 1.19. The maximum atomic E-state index is 10.9. The highest BCUT2D eigenvalue weighted by atomic mass is 16.2. The second-order valence-electron chi connectivity index (χ2n) is 1.88. The summed E-state index contributed by atoms with van der Waals surface area (Å²) in [5, 5.41) is 14.8. The Balaban J connectivity index is 2.70. The molecule has 0 spiro atoms. The Morgan fingerprint density at radius 1 is 1.82 bits per heavy atom. The number of carbonyl (C=O) groups is 1. The molecule has 11 heavy (non-hydrogen) atoms. The molecule has 0 radical (unpaired) electrons. The van der Waals surface area contributed by atoms with Gasteiger partial charge in [-0.15, -0.1) is 5.10 Å². The third-order valence-electron chi connectivity index (χ3n) is 1.19. The summed E-state index contributed by atoms with van der Waals surface area (Å²) in [6, 6.07) is -0.824. The quantitative estimate of drug-likeness (QED) is 0.456. The van der Waals surface area contributed by atoms with Gasteiger partial charge in [0.05, 0.1) is 0 Å². The van der Waals surface area contributed by atoms with Crippen molar-refractivity contribution in [1.82, 2.24) is 25.9 Å². The highest BCUT2D eigenvalue weighted by Crippen LogP contribution is 1.98. The first-order chi connectivity index (χ1) is 5.25. The van der Waals surface area contributed by atoms with Gasteiger partial charge in [0.25, 0.3) is 0 Å². The summed E-state index contributed by atoms with van der Waals surface area (Å²) in [5.41, 5.74) is 5.41. The van der Waals surface area contributed by atoms with Crippen molar-refractivity contribution in [2.75, 3.05) is 7.05 Å². The minimum atomic E-state index is -0.824. The van der Waals surface area contributed by atoms with Crippen molar-refractivity contribution in [3.8, 4) is 0 Å². The van der Waals surface area contributed by atoms with Crippen LogP contribution in [0.3, 0.4) is 0 Å². The van der Waals surface area contributed by atoms with E-state index in [0.29, 0.717) is 0 Å². The summed E-state index contributed by atoms with van der Waals surface area (Å²) in [5.74, 6) is -0.0760. The summed E-state index contributed by atoms with van der Waals surface area (Å²) in [6.07, 6.45) is 0. The molecule has 60 valence electrons. The zero-order chi connectivity index (χ0) is 8.27. The molecule has 0 saturated carbocycles. The first kappa shape index (κ1) is 7.61. The van der Waals surface area contributed by atoms with Crippen LogP contribution in [-0.4, -0.2) is 33.6 Å². The van der Waals surface area contributed by atoms with Gasteiger partial charge in [0, 0.05) is 7.05 Å². The van der Waals surface area contributed by atoms with Crippen molar-refractivity contribution in [3.05, 3.63) is 5.82 Å². The number of hydrogen-bond donors (Lipinski definition) is 3. The van der Waals surface area contributed by atoms with Crippen molar-refractivity contribution in [2.24, 2.45) is 5.73 Å². The molecule has 1 aromatic rings. The number of nitrogens with two attached hydrogens (primary N) is 1. The van der Waals surface area contributed by atoms with Gasteiger partial charge in [0.2, 0.25) is 5.91 Å². The van der Waals surface area contributed by atoms with E-state index < -0.39 is 6.04 Å². The van der Waals surface area contributed by atoms with Gasteiger partial charge in [-0.25, -0.2) is 5.10 Å². The lowest BCUT2D eigenvalue weighted by molar-refractivity contribution is -0.122. The molecular weight excluding hydrogens is 148 g/mol. The minimum Gasteiger partial charge on any atom is -0.357 e. The summed E-state index contributed by atoms with van der Waals surface area (Å²) in [7, 11) is 1.49. The van der Waals surface area contributed by atoms with Crippen LogP contribution in [-0.2, 0) is 4.79 Å². The molecule has 0 saturated heterocycles. The number of aromatic amines is 1. The number of hydrogen-bond acceptors (Lipinski definition) is 5. The van der Waals surface area contributed by atoms with Crippen LogP contribution in [0.4, 0.5) is 0 Å². The van der Waals surface area contributed by atoms with Gasteiger partial charge in [0.1, 0.15) is 6.04 Å². The molecule has 7 heteroatoms. The number of H-pyrrole nitrogens is 1. The normalized spacial score (nSPS) is 12.5. The number of nitrogens with one attached hydrogen (secondary N) is 2. The Kier molecular flexibility index (Phi) is 2.12. The number of rotatable bonds is 2. The van der Waals surface area contributed by atoms with Crippen molar-refractivity contribution >= 4 is 5.91 Å². The lowest BCUT2D eigenvalue weighted by atomic mass is 10.3. The van der Waals surface area contributed by atoms with Gasteiger partial charge in [-0.2, -0.15) is 0 Å². The van der Waals surface area contributed by atoms with E-state index in [9.17, 15) is 4.79 Å². The fourth-order valence-corrected chi connectivity index (χ4v) is 0.578. The van der Waals surface area contributed by atoms with Crippen LogP contribution in [0, 0.1) is 0 Å². The minimum absolute atomic E-state index is 0.254. The van der Waals surface area contributed by atoms with Crippen LogP contribution < -0.4 is 11.1 Å². The van der Waals surface area contributed by atoms with E-state index in [0.717, 1.165) is 0 Å². The van der Waals surface area contributed by atoms with Crippen LogP contribution in [0.25, 0.3) is 0 Å². The van der Waals surface area contributed by atoms with E-state index in [1.807, 2.05) is 0 Å². The van der Waals surface area contributed by atoms with Crippen LogP contribution in [0.5, 0.6) is 0 Å². The summed E-state index contributed by atoms with van der Waals surface area (Å²) < 4.78 is 0. The van der Waals surface area contributed by atoms with Crippen LogP contribution in [0.15, 0.2) is 0 Å². The average Bonchev–Trinajstić information content (AvgIpc) is 2.53. The smallest absolute Gasteiger partial charge is 0.244 e. The number of amides is 1. The fourth-order valence-electron chi connectivity index (χ4n) is 0.578. The Hall–Kier alpha value is -1.50. The summed E-state index contributed by atoms with van der Waals surface area (Å²) >= 11 is 0. The predicted octanol–water partition coefficient (Wildman–Crippen LogP) is -2.05. The van der Waals surface area contributed by atoms with E-state index >= 15 is 0 Å². The SMILES string of the molecule is CNC(=O)C(N)c1nnn[nH]1. The Bertz CT molecular complexity index is 231. The Morgan fingerprint density at radius 2 is 2.55 bits per heavy atom. The van der Waals surface area contributed by atoms with Crippen LogP contribution in [0.1, 0.15) is 11.9 Å². The molecule has 1 unspecified atom stereocenters. The molecule has 7 nitrogen and oxygen atoms in total. The summed E-state index contributed by atoms with van der Waals surface area (Å²) in [4.78, 5) is 10.9. The molecular formula is C4H8N6O. The molecule has 1 aromatic heterocycles. The van der Waals surface area contributed by atoms with Gasteiger partial charge >= 0.3 is 0 Å². The second kappa shape index (κ2) is 3.06. The Labute approximate surface area is 62.4 Å². The van der Waals surface area contributed by atoms with Crippen LogP contribution in [0.2, 0.25) is 0 Å². The standard InChI is InChI=1S/C4H8N6O/c1-6-4(11)2(5)3-7-9-10-8-3/h2H,5H2,1H3,(H,6,11)(H,7,8,9,10). The van der Waals surface area contributed by atoms with Crippen molar-refractivity contribution < 1.29 is 4.79 Å². The van der Waals surface area contributed by atoms with E-state index in [-0.39, 0.29) is 11.7 Å². The Morgan fingerprint density at radius 3 is 3.00 bits per heavy atom. The van der Waals surface area contributed by atoms with Crippen molar-refractivity contribution in [2.45, 2.75) is 6.04 Å². The van der Waals surface area contributed by atoms with Gasteiger partial charge in [0.15, 0.2) is 5.82 Å². The monoisotopic (exact) mass is 156 g/mol. The molecule has 0 aromatic carbocycles. The van der Waals surface area contributed by atoms with Gasteiger partial charge in [-0.3, -0.25) is 4.79 Å². The fraction of sp³-hybridized carbons (Fsp3) is 0.500. The molecule has 0 aliphatic rings. The number of tetrazole rings is 1. The average molecular weight is 156 g/mol. The van der Waals surface area contributed by atoms with Crippen LogP contribution >= 0.6 is 0 Å². The zero-order valence-corrected chi connectivity index (χ0v) is 5.90. The molecule has 0 bridgehead atoms. The van der Waals surface area contributed by atoms with E-state index in [1.54, 1.807) is 0 Å². The largest absolute Gasteiger partial charge is 0.357 e. The predicted molar refractivity (Wildman–Crippen MR) is 35.2 cm³/mol. The van der Waals surface area contributed by atoms with Crippen molar-refractivity contribution in [1.29, 1.82) is 0 Å². The maximum absolute atomic E-state index is 10.9. The highest BCUT2D eigenvalue weighted by molar-refractivity contribution is 5.81. The molecule has 0 aliphatic heterocycles. The van der Waals surface area contributed by atoms with E-state index in [2.05, 4.69) is 25.9 Å². The van der Waals surface area contributed by atoms with Gasteiger partial charge < -0.3 is 11.1 Å². The molecule has 1 rings (SSSR count). The maximum Gasteiger partial charge on any atom is 0.244 e. The molecule has 1 heterocycles. The zero-order valence-electron chi connectivity index (χ0n) is 5.90. The highest BCUT2D eigenvalue weighted by Gasteiger charge is 2.16.